The number of thiophene rings is 1. The molecule has 1 atom stereocenters. The molecule has 2 N–H and O–H groups in total. The van der Waals surface area contributed by atoms with E-state index in [-0.39, 0.29) is 0 Å². The van der Waals surface area contributed by atoms with Gasteiger partial charge < -0.3 is 10.5 Å². The van der Waals surface area contributed by atoms with Gasteiger partial charge in [0.1, 0.15) is 9.71 Å². The molecule has 0 saturated heterocycles. The lowest BCUT2D eigenvalue weighted by atomic mass is 10.3. The van der Waals surface area contributed by atoms with E-state index in [0.29, 0.717) is 4.88 Å². The van der Waals surface area contributed by atoms with Crippen LogP contribution in [0.15, 0.2) is 36.4 Å². The van der Waals surface area contributed by atoms with E-state index in [2.05, 4.69) is 5.10 Å². The average Bonchev–Trinajstić information content (AvgIpc) is 3.09. The lowest BCUT2D eigenvalue weighted by Gasteiger charge is -2.07. The van der Waals surface area contributed by atoms with E-state index in [9.17, 15) is 9.59 Å². The van der Waals surface area contributed by atoms with Crippen LogP contribution in [-0.4, -0.2) is 27.8 Å². The summed E-state index contributed by atoms with van der Waals surface area (Å²) in [7, 11) is 0. The van der Waals surface area contributed by atoms with Crippen LogP contribution < -0.4 is 5.73 Å². The van der Waals surface area contributed by atoms with E-state index < -0.39 is 18.0 Å². The number of aryl methyl sites for hydroxylation is 1. The van der Waals surface area contributed by atoms with Crippen molar-refractivity contribution in [2.24, 2.45) is 5.73 Å². The Kier molecular flexibility index (Phi) is 3.87. The molecule has 0 radical (unpaired) electrons. The van der Waals surface area contributed by atoms with Gasteiger partial charge in [0.2, 0.25) is 0 Å². The Morgan fingerprint density at radius 2 is 2.00 bits per heavy atom. The van der Waals surface area contributed by atoms with Gasteiger partial charge in [-0.2, -0.15) is 5.10 Å². The van der Waals surface area contributed by atoms with Gasteiger partial charge in [0, 0.05) is 5.39 Å². The summed E-state index contributed by atoms with van der Waals surface area (Å²) in [5.74, 6) is -1.23. The van der Waals surface area contributed by atoms with Crippen molar-refractivity contribution in [3.05, 3.63) is 47.0 Å². The zero-order valence-corrected chi connectivity index (χ0v) is 13.5. The van der Waals surface area contributed by atoms with Gasteiger partial charge in [-0.15, -0.1) is 11.3 Å². The number of carbonyl (C=O) groups is 2. The molecule has 3 rings (SSSR count). The lowest BCUT2D eigenvalue weighted by molar-refractivity contribution is -0.125. The fourth-order valence-corrected chi connectivity index (χ4v) is 3.23. The SMILES string of the molecule is Cc1nn(-c2ccccc2)c2sc(C(=O)O[C@H](C)C(N)=O)cc12. The number of nitrogens with two attached hydrogens (primary N) is 1. The van der Waals surface area contributed by atoms with Crippen LogP contribution in [0.5, 0.6) is 0 Å². The minimum absolute atomic E-state index is 0.415. The maximum atomic E-state index is 12.1. The Labute approximate surface area is 136 Å². The molecule has 0 aliphatic carbocycles. The van der Waals surface area contributed by atoms with Crippen LogP contribution in [0.3, 0.4) is 0 Å². The van der Waals surface area contributed by atoms with Crippen LogP contribution >= 0.6 is 11.3 Å². The standard InChI is InChI=1S/C16H15N3O3S/c1-9-12-8-13(16(21)22-10(2)14(17)20)23-15(12)19(18-9)11-6-4-3-5-7-11/h3-8,10H,1-2H3,(H2,17,20)/t10-/m1/s1. The molecule has 118 valence electrons. The second-order valence-corrected chi connectivity index (χ2v) is 6.14. The van der Waals surface area contributed by atoms with Crippen LogP contribution in [0.25, 0.3) is 15.9 Å². The Balaban J connectivity index is 2.00. The Morgan fingerprint density at radius 3 is 2.65 bits per heavy atom. The topological polar surface area (TPSA) is 87.2 Å². The van der Waals surface area contributed by atoms with E-state index in [1.807, 2.05) is 37.3 Å². The minimum atomic E-state index is -0.959. The molecule has 0 unspecified atom stereocenters. The van der Waals surface area contributed by atoms with Gasteiger partial charge in [-0.05, 0) is 32.0 Å². The number of nitrogens with zero attached hydrogens (tertiary/aromatic N) is 2. The molecule has 3 aromatic rings. The molecule has 23 heavy (non-hydrogen) atoms. The predicted molar refractivity (Wildman–Crippen MR) is 87.8 cm³/mol. The van der Waals surface area contributed by atoms with E-state index in [0.717, 1.165) is 21.6 Å². The number of hydrogen-bond donors (Lipinski definition) is 1. The highest BCUT2D eigenvalue weighted by atomic mass is 32.1. The van der Waals surface area contributed by atoms with Crippen LogP contribution in [-0.2, 0) is 9.53 Å². The van der Waals surface area contributed by atoms with Crippen LogP contribution in [0.4, 0.5) is 0 Å². The highest BCUT2D eigenvalue weighted by Gasteiger charge is 2.21. The van der Waals surface area contributed by atoms with Gasteiger partial charge in [-0.1, -0.05) is 18.2 Å². The second-order valence-electron chi connectivity index (χ2n) is 5.11. The molecule has 2 heterocycles. The molecule has 2 aromatic heterocycles. The molecule has 1 amide bonds. The van der Waals surface area contributed by atoms with Crippen LogP contribution in [0.2, 0.25) is 0 Å². The molecule has 0 aliphatic heterocycles. The summed E-state index contributed by atoms with van der Waals surface area (Å²) in [6, 6.07) is 11.4. The van der Waals surface area contributed by atoms with Crippen LogP contribution in [0, 0.1) is 6.92 Å². The molecule has 0 spiro atoms. The molecule has 0 bridgehead atoms. The van der Waals surface area contributed by atoms with E-state index in [1.54, 1.807) is 10.7 Å². The van der Waals surface area contributed by atoms with Crippen molar-refractivity contribution in [3.63, 3.8) is 0 Å². The highest BCUT2D eigenvalue weighted by Crippen LogP contribution is 2.30. The second kappa shape index (κ2) is 5.85. The largest absolute Gasteiger partial charge is 0.448 e. The quantitative estimate of drug-likeness (QED) is 0.745. The van der Waals surface area contributed by atoms with Gasteiger partial charge >= 0.3 is 5.97 Å². The first kappa shape index (κ1) is 15.2. The number of hydrogen-bond acceptors (Lipinski definition) is 5. The monoisotopic (exact) mass is 329 g/mol. The third kappa shape index (κ3) is 2.83. The molecule has 0 saturated carbocycles. The van der Waals surface area contributed by atoms with Gasteiger partial charge in [-0.25, -0.2) is 9.48 Å². The molecular formula is C16H15N3O3S. The number of aromatic nitrogens is 2. The smallest absolute Gasteiger partial charge is 0.349 e. The highest BCUT2D eigenvalue weighted by molar-refractivity contribution is 7.20. The Morgan fingerprint density at radius 1 is 1.30 bits per heavy atom. The van der Waals surface area contributed by atoms with Gasteiger partial charge in [0.25, 0.3) is 5.91 Å². The fourth-order valence-electron chi connectivity index (χ4n) is 2.17. The molecule has 6 nitrogen and oxygen atoms in total. The van der Waals surface area contributed by atoms with E-state index in [1.165, 1.54) is 18.3 Å². The third-order valence-electron chi connectivity index (χ3n) is 3.43. The van der Waals surface area contributed by atoms with Gasteiger partial charge in [-0.3, -0.25) is 4.79 Å². The van der Waals surface area contributed by atoms with Crippen molar-refractivity contribution in [2.75, 3.05) is 0 Å². The normalized spacial score (nSPS) is 12.3. The van der Waals surface area contributed by atoms with E-state index >= 15 is 0 Å². The summed E-state index contributed by atoms with van der Waals surface area (Å²) < 4.78 is 6.84. The minimum Gasteiger partial charge on any atom is -0.448 e. The van der Waals surface area contributed by atoms with Gasteiger partial charge in [0.05, 0.1) is 11.4 Å². The summed E-state index contributed by atoms with van der Waals surface area (Å²) in [6.07, 6.45) is -0.959. The first-order chi connectivity index (χ1) is 11.0. The first-order valence-corrected chi connectivity index (χ1v) is 7.84. The number of carbonyl (C=O) groups excluding carboxylic acids is 2. The molecular weight excluding hydrogens is 314 g/mol. The molecule has 1 aromatic carbocycles. The number of ether oxygens (including phenoxy) is 1. The summed E-state index contributed by atoms with van der Waals surface area (Å²) in [6.45, 7) is 3.33. The summed E-state index contributed by atoms with van der Waals surface area (Å²) in [5.41, 5.74) is 6.85. The Bertz CT molecular complexity index is 883. The van der Waals surface area contributed by atoms with Crippen molar-refractivity contribution < 1.29 is 14.3 Å². The molecule has 0 fully saturated rings. The maximum absolute atomic E-state index is 12.1. The zero-order chi connectivity index (χ0) is 16.6. The summed E-state index contributed by atoms with van der Waals surface area (Å²) in [4.78, 5) is 24.4. The summed E-state index contributed by atoms with van der Waals surface area (Å²) >= 11 is 1.28. The summed E-state index contributed by atoms with van der Waals surface area (Å²) in [5, 5.41) is 5.40. The average molecular weight is 329 g/mol. The number of esters is 1. The predicted octanol–water partition coefficient (Wildman–Crippen LogP) is 2.43. The zero-order valence-electron chi connectivity index (χ0n) is 12.6. The number of rotatable bonds is 4. The van der Waals surface area contributed by atoms with Crippen molar-refractivity contribution in [2.45, 2.75) is 20.0 Å². The van der Waals surface area contributed by atoms with E-state index in [4.69, 9.17) is 10.5 Å². The molecule has 0 aliphatic rings. The third-order valence-corrected chi connectivity index (χ3v) is 4.52. The molecule has 7 heteroatoms. The number of benzene rings is 1. The number of fused-ring (bicyclic) bond motifs is 1. The maximum Gasteiger partial charge on any atom is 0.349 e. The van der Waals surface area contributed by atoms with Crippen molar-refractivity contribution in [1.29, 1.82) is 0 Å². The first-order valence-electron chi connectivity index (χ1n) is 7.02. The van der Waals surface area contributed by atoms with Crippen molar-refractivity contribution in [3.8, 4) is 5.69 Å². The van der Waals surface area contributed by atoms with Crippen LogP contribution in [0.1, 0.15) is 22.3 Å². The lowest BCUT2D eigenvalue weighted by Crippen LogP contribution is -2.30. The Hall–Kier alpha value is -2.67. The number of para-hydroxylation sites is 1. The number of primary amides is 1. The van der Waals surface area contributed by atoms with Crippen molar-refractivity contribution >= 4 is 33.4 Å². The number of amides is 1. The van der Waals surface area contributed by atoms with Crippen molar-refractivity contribution in [1.82, 2.24) is 9.78 Å². The van der Waals surface area contributed by atoms with Gasteiger partial charge in [0.15, 0.2) is 6.10 Å². The fraction of sp³-hybridized carbons (Fsp3) is 0.188.